The van der Waals surface area contributed by atoms with Crippen molar-refractivity contribution in [2.75, 3.05) is 23.8 Å². The van der Waals surface area contributed by atoms with E-state index in [1.807, 2.05) is 0 Å². The monoisotopic (exact) mass is 281 g/mol. The van der Waals surface area contributed by atoms with Crippen LogP contribution in [0.5, 0.6) is 0 Å². The van der Waals surface area contributed by atoms with Crippen LogP contribution in [0, 0.1) is 19.3 Å². The SMILES string of the molecule is Cc1cc(C)cc(N(C)CC2(CBr)CC2)c1. The number of anilines is 1. The standard InChI is InChI=1S/C14H20BrN/c1-11-6-12(2)8-13(7-11)16(3)10-14(9-15)4-5-14/h6-8H,4-5,9-10H2,1-3H3. The summed E-state index contributed by atoms with van der Waals surface area (Å²) < 4.78 is 0. The van der Waals surface area contributed by atoms with Gasteiger partial charge in [-0.05, 0) is 55.4 Å². The minimum atomic E-state index is 0.548. The molecular weight excluding hydrogens is 262 g/mol. The van der Waals surface area contributed by atoms with Crippen LogP contribution in [0.25, 0.3) is 0 Å². The minimum absolute atomic E-state index is 0.548. The highest BCUT2D eigenvalue weighted by atomic mass is 79.9. The molecule has 0 saturated heterocycles. The highest BCUT2D eigenvalue weighted by Crippen LogP contribution is 2.47. The first kappa shape index (κ1) is 12.0. The van der Waals surface area contributed by atoms with Crippen molar-refractivity contribution < 1.29 is 0 Å². The molecule has 0 bridgehead atoms. The fraction of sp³-hybridized carbons (Fsp3) is 0.571. The molecule has 0 aliphatic heterocycles. The van der Waals surface area contributed by atoms with Gasteiger partial charge in [0.1, 0.15) is 0 Å². The second-order valence-electron chi connectivity index (χ2n) is 5.34. The quantitative estimate of drug-likeness (QED) is 0.757. The Bertz CT molecular complexity index is 362. The lowest BCUT2D eigenvalue weighted by Gasteiger charge is -2.25. The van der Waals surface area contributed by atoms with Crippen LogP contribution in [0.15, 0.2) is 18.2 Å². The van der Waals surface area contributed by atoms with E-state index in [-0.39, 0.29) is 0 Å². The van der Waals surface area contributed by atoms with Crippen molar-refractivity contribution in [2.24, 2.45) is 5.41 Å². The summed E-state index contributed by atoms with van der Waals surface area (Å²) in [7, 11) is 2.21. The van der Waals surface area contributed by atoms with Crippen LogP contribution in [0.4, 0.5) is 5.69 Å². The third-order valence-corrected chi connectivity index (χ3v) is 4.65. The first-order valence-electron chi connectivity index (χ1n) is 5.90. The highest BCUT2D eigenvalue weighted by molar-refractivity contribution is 9.09. The van der Waals surface area contributed by atoms with Gasteiger partial charge in [-0.25, -0.2) is 0 Å². The number of aryl methyl sites for hydroxylation is 2. The number of hydrogen-bond donors (Lipinski definition) is 0. The molecule has 1 nitrogen and oxygen atoms in total. The molecule has 0 atom stereocenters. The summed E-state index contributed by atoms with van der Waals surface area (Å²) in [4.78, 5) is 2.40. The Kier molecular flexibility index (Phi) is 3.29. The van der Waals surface area contributed by atoms with E-state index in [1.54, 1.807) is 0 Å². The molecule has 1 aliphatic carbocycles. The number of alkyl halides is 1. The van der Waals surface area contributed by atoms with Crippen molar-refractivity contribution >= 4 is 21.6 Å². The Morgan fingerprint density at radius 1 is 1.19 bits per heavy atom. The van der Waals surface area contributed by atoms with Gasteiger partial charge in [-0.2, -0.15) is 0 Å². The van der Waals surface area contributed by atoms with Crippen LogP contribution >= 0.6 is 15.9 Å². The molecule has 1 aromatic carbocycles. The largest absolute Gasteiger partial charge is 0.374 e. The first-order valence-corrected chi connectivity index (χ1v) is 7.02. The summed E-state index contributed by atoms with van der Waals surface area (Å²) in [5.74, 6) is 0. The Balaban J connectivity index is 2.11. The van der Waals surface area contributed by atoms with Crippen LogP contribution in [-0.2, 0) is 0 Å². The van der Waals surface area contributed by atoms with Crippen LogP contribution < -0.4 is 4.90 Å². The Morgan fingerprint density at radius 3 is 2.19 bits per heavy atom. The molecule has 0 spiro atoms. The molecule has 1 aromatic rings. The molecular formula is C14H20BrN. The molecule has 0 aromatic heterocycles. The fourth-order valence-electron chi connectivity index (χ4n) is 2.28. The maximum absolute atomic E-state index is 3.64. The summed E-state index contributed by atoms with van der Waals surface area (Å²) in [6.45, 7) is 5.50. The van der Waals surface area contributed by atoms with Crippen molar-refractivity contribution in [3.05, 3.63) is 29.3 Å². The molecule has 0 N–H and O–H groups in total. The Morgan fingerprint density at radius 2 is 1.75 bits per heavy atom. The van der Waals surface area contributed by atoms with Gasteiger partial charge in [0.25, 0.3) is 0 Å². The van der Waals surface area contributed by atoms with Gasteiger partial charge in [-0.3, -0.25) is 0 Å². The lowest BCUT2D eigenvalue weighted by Crippen LogP contribution is -2.27. The minimum Gasteiger partial charge on any atom is -0.374 e. The second-order valence-corrected chi connectivity index (χ2v) is 5.90. The van der Waals surface area contributed by atoms with E-state index in [4.69, 9.17) is 0 Å². The van der Waals surface area contributed by atoms with Crippen LogP contribution in [0.1, 0.15) is 24.0 Å². The Hall–Kier alpha value is -0.500. The van der Waals surface area contributed by atoms with Crippen molar-refractivity contribution in [1.82, 2.24) is 0 Å². The van der Waals surface area contributed by atoms with Gasteiger partial charge in [0.2, 0.25) is 0 Å². The summed E-state index contributed by atoms with van der Waals surface area (Å²) in [5.41, 5.74) is 4.60. The predicted molar refractivity (Wildman–Crippen MR) is 74.6 cm³/mol. The van der Waals surface area contributed by atoms with Gasteiger partial charge in [0.05, 0.1) is 0 Å². The zero-order valence-electron chi connectivity index (χ0n) is 10.4. The molecule has 1 saturated carbocycles. The number of hydrogen-bond acceptors (Lipinski definition) is 1. The summed E-state index contributed by atoms with van der Waals surface area (Å²) >= 11 is 3.64. The average Bonchev–Trinajstić information content (AvgIpc) is 2.97. The molecule has 88 valence electrons. The molecule has 2 rings (SSSR count). The topological polar surface area (TPSA) is 3.24 Å². The predicted octanol–water partition coefficient (Wildman–Crippen LogP) is 3.91. The van der Waals surface area contributed by atoms with E-state index >= 15 is 0 Å². The normalized spacial score (nSPS) is 17.2. The van der Waals surface area contributed by atoms with Gasteiger partial charge < -0.3 is 4.90 Å². The Labute approximate surface area is 107 Å². The van der Waals surface area contributed by atoms with Crippen LogP contribution in [0.2, 0.25) is 0 Å². The van der Waals surface area contributed by atoms with Gasteiger partial charge in [-0.1, -0.05) is 22.0 Å². The van der Waals surface area contributed by atoms with E-state index < -0.39 is 0 Å². The van der Waals surface area contributed by atoms with E-state index in [2.05, 4.69) is 59.9 Å². The van der Waals surface area contributed by atoms with Gasteiger partial charge in [-0.15, -0.1) is 0 Å². The molecule has 0 heterocycles. The number of benzene rings is 1. The summed E-state index contributed by atoms with van der Waals surface area (Å²) in [6, 6.07) is 6.78. The number of rotatable bonds is 4. The first-order chi connectivity index (χ1) is 7.54. The van der Waals surface area contributed by atoms with E-state index in [0.29, 0.717) is 5.41 Å². The van der Waals surface area contributed by atoms with E-state index in [0.717, 1.165) is 5.33 Å². The molecule has 16 heavy (non-hydrogen) atoms. The van der Waals surface area contributed by atoms with Crippen LogP contribution in [0.3, 0.4) is 0 Å². The molecule has 2 heteroatoms. The molecule has 1 fully saturated rings. The van der Waals surface area contributed by atoms with Crippen molar-refractivity contribution in [3.63, 3.8) is 0 Å². The molecule has 0 unspecified atom stereocenters. The lowest BCUT2D eigenvalue weighted by atomic mass is 10.1. The second kappa shape index (κ2) is 4.40. The lowest BCUT2D eigenvalue weighted by molar-refractivity contribution is 0.583. The van der Waals surface area contributed by atoms with E-state index in [1.165, 1.54) is 36.2 Å². The third kappa shape index (κ3) is 2.60. The zero-order chi connectivity index (χ0) is 11.8. The van der Waals surface area contributed by atoms with Gasteiger partial charge >= 0.3 is 0 Å². The summed E-state index contributed by atoms with van der Waals surface area (Å²) in [5, 5.41) is 1.13. The summed E-state index contributed by atoms with van der Waals surface area (Å²) in [6.07, 6.45) is 2.74. The van der Waals surface area contributed by atoms with Crippen molar-refractivity contribution in [1.29, 1.82) is 0 Å². The van der Waals surface area contributed by atoms with Gasteiger partial charge in [0.15, 0.2) is 0 Å². The smallest absolute Gasteiger partial charge is 0.0369 e. The van der Waals surface area contributed by atoms with E-state index in [9.17, 15) is 0 Å². The van der Waals surface area contributed by atoms with Gasteiger partial charge in [0, 0.05) is 24.6 Å². The fourth-order valence-corrected chi connectivity index (χ4v) is 3.01. The number of nitrogens with zero attached hydrogens (tertiary/aromatic N) is 1. The highest BCUT2D eigenvalue weighted by Gasteiger charge is 2.42. The van der Waals surface area contributed by atoms with Crippen LogP contribution in [-0.4, -0.2) is 18.9 Å². The maximum atomic E-state index is 3.64. The molecule has 0 amide bonds. The van der Waals surface area contributed by atoms with Crippen molar-refractivity contribution in [3.8, 4) is 0 Å². The zero-order valence-corrected chi connectivity index (χ0v) is 12.0. The molecule has 0 radical (unpaired) electrons. The van der Waals surface area contributed by atoms with Crippen molar-refractivity contribution in [2.45, 2.75) is 26.7 Å². The maximum Gasteiger partial charge on any atom is 0.0369 e. The average molecular weight is 282 g/mol. The third-order valence-electron chi connectivity index (χ3n) is 3.46. The molecule has 1 aliphatic rings. The number of halogens is 1.